The predicted octanol–water partition coefficient (Wildman–Crippen LogP) is 0.658. The minimum Gasteiger partial charge on any atom is -0.352 e. The summed E-state index contributed by atoms with van der Waals surface area (Å²) >= 11 is 0. The normalized spacial score (nSPS) is 16.6. The minimum atomic E-state index is -0.0667. The maximum Gasteiger partial charge on any atom is 0.227 e. The third kappa shape index (κ3) is 3.24. The minimum absolute atomic E-state index is 0.0667. The maximum atomic E-state index is 12.5. The zero-order chi connectivity index (χ0) is 15.4. The van der Waals surface area contributed by atoms with Gasteiger partial charge in [0.1, 0.15) is 5.82 Å². The first-order valence-electron chi connectivity index (χ1n) is 7.51. The number of carbonyl (C=O) groups is 1. The van der Waals surface area contributed by atoms with E-state index in [1.807, 2.05) is 24.1 Å². The molecular weight excluding hydrogens is 280 g/mol. The van der Waals surface area contributed by atoms with Gasteiger partial charge in [0.15, 0.2) is 0 Å². The molecule has 1 atom stereocenters. The molecule has 0 bridgehead atoms. The topological polar surface area (TPSA) is 67.2 Å². The van der Waals surface area contributed by atoms with Crippen molar-refractivity contribution >= 4 is 11.7 Å². The lowest BCUT2D eigenvalue weighted by atomic mass is 10.1. The number of hydrogen-bond donors (Lipinski definition) is 0. The van der Waals surface area contributed by atoms with Crippen molar-refractivity contribution in [1.29, 1.82) is 0 Å². The van der Waals surface area contributed by atoms with Gasteiger partial charge < -0.3 is 9.80 Å². The summed E-state index contributed by atoms with van der Waals surface area (Å²) in [6, 6.07) is 1.87. The third-order valence-corrected chi connectivity index (χ3v) is 3.91. The second kappa shape index (κ2) is 6.55. The number of hydrogen-bond acceptors (Lipinski definition) is 5. The Morgan fingerprint density at radius 3 is 2.68 bits per heavy atom. The average molecular weight is 300 g/mol. The Morgan fingerprint density at radius 1 is 1.23 bits per heavy atom. The summed E-state index contributed by atoms with van der Waals surface area (Å²) in [5.74, 6) is 0.997. The van der Waals surface area contributed by atoms with Gasteiger partial charge in [-0.3, -0.25) is 14.5 Å². The van der Waals surface area contributed by atoms with Gasteiger partial charge in [-0.1, -0.05) is 6.92 Å². The average Bonchev–Trinajstić information content (AvgIpc) is 3.08. The van der Waals surface area contributed by atoms with Crippen LogP contribution in [0.3, 0.4) is 0 Å². The number of nitrogens with zero attached hydrogens (tertiary/aromatic N) is 6. The lowest BCUT2D eigenvalue weighted by Gasteiger charge is -2.36. The Labute approximate surface area is 129 Å². The smallest absolute Gasteiger partial charge is 0.227 e. The van der Waals surface area contributed by atoms with E-state index in [0.717, 1.165) is 32.0 Å². The predicted molar refractivity (Wildman–Crippen MR) is 82.2 cm³/mol. The Balaban J connectivity index is 1.53. The molecule has 0 spiro atoms. The van der Waals surface area contributed by atoms with Gasteiger partial charge in [0.05, 0.1) is 18.7 Å². The molecule has 116 valence electrons. The summed E-state index contributed by atoms with van der Waals surface area (Å²) in [5, 5.41) is 4.16. The number of amides is 1. The van der Waals surface area contributed by atoms with E-state index in [9.17, 15) is 4.79 Å². The molecule has 3 rings (SSSR count). The van der Waals surface area contributed by atoms with Crippen LogP contribution >= 0.6 is 0 Å². The highest BCUT2D eigenvalue weighted by atomic mass is 16.2. The molecule has 0 aromatic carbocycles. The van der Waals surface area contributed by atoms with Crippen LogP contribution in [0.2, 0.25) is 0 Å². The van der Waals surface area contributed by atoms with E-state index in [1.54, 1.807) is 29.5 Å². The molecule has 0 saturated carbocycles. The van der Waals surface area contributed by atoms with Crippen LogP contribution in [0.1, 0.15) is 6.92 Å². The molecule has 2 aromatic heterocycles. The molecule has 1 saturated heterocycles. The van der Waals surface area contributed by atoms with Gasteiger partial charge in [-0.25, -0.2) is 4.98 Å². The quantitative estimate of drug-likeness (QED) is 0.830. The van der Waals surface area contributed by atoms with E-state index in [1.165, 1.54) is 0 Å². The second-order valence-electron chi connectivity index (χ2n) is 5.51. The molecule has 0 unspecified atom stereocenters. The highest BCUT2D eigenvalue weighted by molar-refractivity contribution is 5.78. The van der Waals surface area contributed by atoms with Crippen LogP contribution in [0.15, 0.2) is 37.1 Å². The van der Waals surface area contributed by atoms with E-state index >= 15 is 0 Å². The van der Waals surface area contributed by atoms with Gasteiger partial charge >= 0.3 is 0 Å². The standard InChI is InChI=1S/C15H20N6O/c1-13(12-21-6-2-3-18-21)15(22)20-9-7-19(8-10-20)14-11-16-4-5-17-14/h2-6,11,13H,7-10,12H2,1H3/t13-/m0/s1. The second-order valence-corrected chi connectivity index (χ2v) is 5.51. The Kier molecular flexibility index (Phi) is 4.32. The van der Waals surface area contributed by atoms with Gasteiger partial charge in [-0.05, 0) is 6.07 Å². The van der Waals surface area contributed by atoms with Crippen LogP contribution in [0, 0.1) is 5.92 Å². The summed E-state index contributed by atoms with van der Waals surface area (Å²) in [6.45, 7) is 5.60. The fraction of sp³-hybridized carbons (Fsp3) is 0.467. The van der Waals surface area contributed by atoms with Crippen LogP contribution in [0.25, 0.3) is 0 Å². The molecule has 0 aliphatic carbocycles. The first-order valence-corrected chi connectivity index (χ1v) is 7.51. The van der Waals surface area contributed by atoms with Crippen molar-refractivity contribution in [2.45, 2.75) is 13.5 Å². The molecule has 1 aliphatic rings. The highest BCUT2D eigenvalue weighted by Gasteiger charge is 2.25. The first kappa shape index (κ1) is 14.5. The van der Waals surface area contributed by atoms with Crippen LogP contribution in [-0.4, -0.2) is 56.7 Å². The summed E-state index contributed by atoms with van der Waals surface area (Å²) in [6.07, 6.45) is 8.74. The largest absolute Gasteiger partial charge is 0.352 e. The summed E-state index contributed by atoms with van der Waals surface area (Å²) in [7, 11) is 0. The van der Waals surface area contributed by atoms with Crippen LogP contribution in [-0.2, 0) is 11.3 Å². The molecule has 1 aliphatic heterocycles. The number of carbonyl (C=O) groups excluding carboxylic acids is 1. The Bertz CT molecular complexity index is 592. The molecule has 0 radical (unpaired) electrons. The molecule has 22 heavy (non-hydrogen) atoms. The number of piperazine rings is 1. The van der Waals surface area contributed by atoms with Crippen molar-refractivity contribution < 1.29 is 4.79 Å². The fourth-order valence-corrected chi connectivity index (χ4v) is 2.69. The number of anilines is 1. The van der Waals surface area contributed by atoms with Crippen LogP contribution in [0.5, 0.6) is 0 Å². The first-order chi connectivity index (χ1) is 10.7. The SMILES string of the molecule is C[C@@H](Cn1cccn1)C(=O)N1CCN(c2cnccn2)CC1. The summed E-state index contributed by atoms with van der Waals surface area (Å²) in [5.41, 5.74) is 0. The van der Waals surface area contributed by atoms with E-state index in [2.05, 4.69) is 20.0 Å². The Hall–Kier alpha value is -2.44. The van der Waals surface area contributed by atoms with Crippen molar-refractivity contribution in [2.24, 2.45) is 5.92 Å². The van der Waals surface area contributed by atoms with Crippen molar-refractivity contribution in [3.05, 3.63) is 37.1 Å². The van der Waals surface area contributed by atoms with Gasteiger partial charge in [0.2, 0.25) is 5.91 Å². The molecule has 0 N–H and O–H groups in total. The van der Waals surface area contributed by atoms with Crippen LogP contribution < -0.4 is 4.90 Å². The zero-order valence-corrected chi connectivity index (χ0v) is 12.7. The molecule has 1 amide bonds. The van der Waals surface area contributed by atoms with Crippen molar-refractivity contribution in [3.8, 4) is 0 Å². The zero-order valence-electron chi connectivity index (χ0n) is 12.7. The highest BCUT2D eigenvalue weighted by Crippen LogP contribution is 2.14. The number of aromatic nitrogens is 4. The fourth-order valence-electron chi connectivity index (χ4n) is 2.69. The summed E-state index contributed by atoms with van der Waals surface area (Å²) < 4.78 is 1.80. The lowest BCUT2D eigenvalue weighted by Crippen LogP contribution is -2.50. The molecular formula is C15H20N6O. The summed E-state index contributed by atoms with van der Waals surface area (Å²) in [4.78, 5) is 25.0. The van der Waals surface area contributed by atoms with Crippen LogP contribution in [0.4, 0.5) is 5.82 Å². The van der Waals surface area contributed by atoms with E-state index in [-0.39, 0.29) is 11.8 Å². The molecule has 3 heterocycles. The molecule has 7 heteroatoms. The lowest BCUT2D eigenvalue weighted by molar-refractivity contribution is -0.135. The van der Waals surface area contributed by atoms with Gasteiger partial charge in [0, 0.05) is 51.0 Å². The van der Waals surface area contributed by atoms with Gasteiger partial charge in [-0.2, -0.15) is 5.10 Å². The van der Waals surface area contributed by atoms with E-state index in [4.69, 9.17) is 0 Å². The third-order valence-electron chi connectivity index (χ3n) is 3.91. The Morgan fingerprint density at radius 2 is 2.05 bits per heavy atom. The van der Waals surface area contributed by atoms with Crippen molar-refractivity contribution in [2.75, 3.05) is 31.1 Å². The monoisotopic (exact) mass is 300 g/mol. The van der Waals surface area contributed by atoms with Gasteiger partial charge in [0.25, 0.3) is 0 Å². The van der Waals surface area contributed by atoms with Crippen molar-refractivity contribution in [3.63, 3.8) is 0 Å². The molecule has 2 aromatic rings. The molecule has 1 fully saturated rings. The maximum absolute atomic E-state index is 12.5. The van der Waals surface area contributed by atoms with E-state index < -0.39 is 0 Å². The van der Waals surface area contributed by atoms with Crippen molar-refractivity contribution in [1.82, 2.24) is 24.6 Å². The number of rotatable bonds is 4. The van der Waals surface area contributed by atoms with E-state index in [0.29, 0.717) is 6.54 Å². The molecule has 7 nitrogen and oxygen atoms in total. The van der Waals surface area contributed by atoms with Gasteiger partial charge in [-0.15, -0.1) is 0 Å².